The monoisotopic (exact) mass is 285 g/mol. The normalized spacial score (nSPS) is 15.2. The lowest BCUT2D eigenvalue weighted by Crippen LogP contribution is -2.48. The molecule has 21 heavy (non-hydrogen) atoms. The zero-order valence-corrected chi connectivity index (χ0v) is 11.4. The highest BCUT2D eigenvalue weighted by molar-refractivity contribution is 6.06. The van der Waals surface area contributed by atoms with Crippen LogP contribution in [0.4, 0.5) is 0 Å². The summed E-state index contributed by atoms with van der Waals surface area (Å²) in [5, 5.41) is 0.736. The van der Waals surface area contributed by atoms with E-state index in [0.717, 1.165) is 11.8 Å². The van der Waals surface area contributed by atoms with Crippen LogP contribution in [-0.2, 0) is 4.79 Å². The summed E-state index contributed by atoms with van der Waals surface area (Å²) in [7, 11) is 0. The Morgan fingerprint density at radius 3 is 2.57 bits per heavy atom. The molecule has 0 spiro atoms. The molecule has 1 saturated heterocycles. The van der Waals surface area contributed by atoms with Crippen LogP contribution in [0.15, 0.2) is 35.1 Å². The number of fused-ring (bicyclic) bond motifs is 1. The van der Waals surface area contributed by atoms with Gasteiger partial charge in [-0.25, -0.2) is 0 Å². The summed E-state index contributed by atoms with van der Waals surface area (Å²) < 4.78 is 0. The van der Waals surface area contributed by atoms with E-state index >= 15 is 0 Å². The number of amides is 2. The van der Waals surface area contributed by atoms with Crippen molar-refractivity contribution in [2.45, 2.75) is 0 Å². The molecule has 2 aromatic rings. The largest absolute Gasteiger partial charge is 0.342 e. The van der Waals surface area contributed by atoms with E-state index in [1.807, 2.05) is 18.2 Å². The molecule has 1 fully saturated rings. The third kappa shape index (κ3) is 2.52. The minimum Gasteiger partial charge on any atom is -0.342 e. The SMILES string of the molecule is O=CN1CCN(C(=O)c2cc(=O)[nH]c3ccccc23)CC1. The number of para-hydroxylation sites is 1. The average Bonchev–Trinajstić information content (AvgIpc) is 2.53. The Balaban J connectivity index is 1.95. The number of aromatic amines is 1. The molecule has 108 valence electrons. The molecule has 2 amide bonds. The van der Waals surface area contributed by atoms with Gasteiger partial charge in [-0.2, -0.15) is 0 Å². The van der Waals surface area contributed by atoms with Gasteiger partial charge in [0.25, 0.3) is 5.91 Å². The Morgan fingerprint density at radius 1 is 1.14 bits per heavy atom. The summed E-state index contributed by atoms with van der Waals surface area (Å²) in [6.07, 6.45) is 0.796. The lowest BCUT2D eigenvalue weighted by molar-refractivity contribution is -0.119. The number of aromatic nitrogens is 1. The number of nitrogens with one attached hydrogen (secondary N) is 1. The molecule has 0 radical (unpaired) electrons. The van der Waals surface area contributed by atoms with Crippen LogP contribution in [-0.4, -0.2) is 53.3 Å². The quantitative estimate of drug-likeness (QED) is 0.814. The van der Waals surface area contributed by atoms with E-state index in [9.17, 15) is 14.4 Å². The number of benzene rings is 1. The van der Waals surface area contributed by atoms with E-state index < -0.39 is 0 Å². The number of H-pyrrole nitrogens is 1. The Kier molecular flexibility index (Phi) is 3.43. The first-order valence-corrected chi connectivity index (χ1v) is 6.80. The number of piperazine rings is 1. The van der Waals surface area contributed by atoms with Crippen molar-refractivity contribution in [3.63, 3.8) is 0 Å². The van der Waals surface area contributed by atoms with Gasteiger partial charge >= 0.3 is 0 Å². The smallest absolute Gasteiger partial charge is 0.254 e. The lowest BCUT2D eigenvalue weighted by Gasteiger charge is -2.32. The van der Waals surface area contributed by atoms with E-state index in [2.05, 4.69) is 4.98 Å². The summed E-state index contributed by atoms with van der Waals surface area (Å²) in [5.74, 6) is -0.164. The van der Waals surface area contributed by atoms with Gasteiger partial charge in [0, 0.05) is 43.1 Å². The van der Waals surface area contributed by atoms with Crippen LogP contribution in [0.5, 0.6) is 0 Å². The first-order valence-electron chi connectivity index (χ1n) is 6.80. The predicted molar refractivity (Wildman–Crippen MR) is 78.1 cm³/mol. The third-order valence-electron chi connectivity index (χ3n) is 3.73. The van der Waals surface area contributed by atoms with Crippen molar-refractivity contribution in [3.8, 4) is 0 Å². The van der Waals surface area contributed by atoms with Crippen molar-refractivity contribution in [1.82, 2.24) is 14.8 Å². The number of carbonyl (C=O) groups is 2. The highest BCUT2D eigenvalue weighted by atomic mass is 16.2. The maximum Gasteiger partial charge on any atom is 0.254 e. The number of nitrogens with zero attached hydrogens (tertiary/aromatic N) is 2. The molecule has 1 aliphatic heterocycles. The molecule has 1 aromatic carbocycles. The van der Waals surface area contributed by atoms with Gasteiger partial charge in [0.1, 0.15) is 0 Å². The molecule has 2 heterocycles. The zero-order valence-electron chi connectivity index (χ0n) is 11.4. The van der Waals surface area contributed by atoms with Gasteiger partial charge in [-0.15, -0.1) is 0 Å². The number of hydrogen-bond donors (Lipinski definition) is 1. The molecule has 6 heteroatoms. The minimum atomic E-state index is -0.288. The van der Waals surface area contributed by atoms with Crippen LogP contribution in [0.2, 0.25) is 0 Å². The summed E-state index contributed by atoms with van der Waals surface area (Å²) in [6, 6.07) is 8.59. The summed E-state index contributed by atoms with van der Waals surface area (Å²) in [5.41, 5.74) is 0.775. The van der Waals surface area contributed by atoms with Crippen LogP contribution in [0.1, 0.15) is 10.4 Å². The topological polar surface area (TPSA) is 73.5 Å². The van der Waals surface area contributed by atoms with Gasteiger partial charge < -0.3 is 14.8 Å². The molecule has 1 aliphatic rings. The summed E-state index contributed by atoms with van der Waals surface area (Å²) in [6.45, 7) is 2.02. The van der Waals surface area contributed by atoms with E-state index in [1.165, 1.54) is 6.07 Å². The fourth-order valence-electron chi connectivity index (χ4n) is 2.58. The zero-order chi connectivity index (χ0) is 14.8. The lowest BCUT2D eigenvalue weighted by atomic mass is 10.1. The van der Waals surface area contributed by atoms with Gasteiger partial charge in [0.2, 0.25) is 12.0 Å². The van der Waals surface area contributed by atoms with Crippen molar-refractivity contribution in [1.29, 1.82) is 0 Å². The molecule has 0 unspecified atom stereocenters. The maximum atomic E-state index is 12.6. The molecule has 1 N–H and O–H groups in total. The van der Waals surface area contributed by atoms with Crippen molar-refractivity contribution in [2.75, 3.05) is 26.2 Å². The van der Waals surface area contributed by atoms with Gasteiger partial charge in [0.05, 0.1) is 5.56 Å². The van der Waals surface area contributed by atoms with Crippen LogP contribution < -0.4 is 5.56 Å². The highest BCUT2D eigenvalue weighted by Crippen LogP contribution is 2.17. The second-order valence-electron chi connectivity index (χ2n) is 5.03. The maximum absolute atomic E-state index is 12.6. The van der Waals surface area contributed by atoms with E-state index in [-0.39, 0.29) is 11.5 Å². The minimum absolute atomic E-state index is 0.164. The number of rotatable bonds is 2. The van der Waals surface area contributed by atoms with E-state index in [1.54, 1.807) is 15.9 Å². The van der Waals surface area contributed by atoms with Crippen LogP contribution >= 0.6 is 0 Å². The molecule has 0 atom stereocenters. The van der Waals surface area contributed by atoms with Crippen molar-refractivity contribution in [2.24, 2.45) is 0 Å². The fraction of sp³-hybridized carbons (Fsp3) is 0.267. The van der Waals surface area contributed by atoms with Crippen LogP contribution in [0.25, 0.3) is 10.9 Å². The Bertz CT molecular complexity index is 745. The second kappa shape index (κ2) is 5.40. The van der Waals surface area contributed by atoms with Crippen LogP contribution in [0.3, 0.4) is 0 Å². The predicted octanol–water partition coefficient (Wildman–Crippen LogP) is 0.442. The second-order valence-corrected chi connectivity index (χ2v) is 5.03. The van der Waals surface area contributed by atoms with Gasteiger partial charge in [-0.3, -0.25) is 14.4 Å². The molecule has 0 aliphatic carbocycles. The third-order valence-corrected chi connectivity index (χ3v) is 3.73. The average molecular weight is 285 g/mol. The molecule has 0 saturated carbocycles. The molecule has 3 rings (SSSR count). The van der Waals surface area contributed by atoms with E-state index in [4.69, 9.17) is 0 Å². The van der Waals surface area contributed by atoms with Crippen molar-refractivity contribution in [3.05, 3.63) is 46.2 Å². The van der Waals surface area contributed by atoms with E-state index in [0.29, 0.717) is 37.3 Å². The number of hydrogen-bond acceptors (Lipinski definition) is 3. The Labute approximate surface area is 121 Å². The Hall–Kier alpha value is -2.63. The standard InChI is InChI=1S/C15H15N3O3/c19-10-17-5-7-18(8-6-17)15(21)12-9-14(20)16-13-4-2-1-3-11(12)13/h1-4,9-10H,5-8H2,(H,16,20). The first kappa shape index (κ1) is 13.4. The number of carbonyl (C=O) groups excluding carboxylic acids is 2. The van der Waals surface area contributed by atoms with Gasteiger partial charge in [0.15, 0.2) is 0 Å². The fourth-order valence-corrected chi connectivity index (χ4v) is 2.58. The van der Waals surface area contributed by atoms with Crippen molar-refractivity contribution >= 4 is 23.2 Å². The summed E-state index contributed by atoms with van der Waals surface area (Å²) in [4.78, 5) is 41.1. The van der Waals surface area contributed by atoms with Crippen LogP contribution in [0, 0.1) is 0 Å². The summed E-state index contributed by atoms with van der Waals surface area (Å²) >= 11 is 0. The molecular weight excluding hydrogens is 270 g/mol. The van der Waals surface area contributed by atoms with Crippen molar-refractivity contribution < 1.29 is 9.59 Å². The molecule has 6 nitrogen and oxygen atoms in total. The molecule has 1 aromatic heterocycles. The van der Waals surface area contributed by atoms with Gasteiger partial charge in [-0.1, -0.05) is 18.2 Å². The molecule has 0 bridgehead atoms. The molecular formula is C15H15N3O3. The Morgan fingerprint density at radius 2 is 1.86 bits per heavy atom. The number of pyridine rings is 1. The van der Waals surface area contributed by atoms with Gasteiger partial charge in [-0.05, 0) is 6.07 Å². The first-order chi connectivity index (χ1) is 10.2. The highest BCUT2D eigenvalue weighted by Gasteiger charge is 2.23.